The topological polar surface area (TPSA) is 80.2 Å². The Bertz CT molecular complexity index is 1110. The van der Waals surface area contributed by atoms with Crippen LogP contribution in [0, 0.1) is 0 Å². The lowest BCUT2D eigenvalue weighted by Crippen LogP contribution is -2.34. The predicted octanol–water partition coefficient (Wildman–Crippen LogP) is 7.00. The summed E-state index contributed by atoms with van der Waals surface area (Å²) in [7, 11) is 1.65. The van der Waals surface area contributed by atoms with Crippen LogP contribution in [-0.2, 0) is 11.3 Å². The van der Waals surface area contributed by atoms with Gasteiger partial charge in [0.2, 0.25) is 5.91 Å². The molecule has 0 radical (unpaired) electrons. The molecule has 1 aliphatic carbocycles. The number of carbonyl (C=O) groups excluding carboxylic acids is 2. The molecule has 1 N–H and O–H groups in total. The van der Waals surface area contributed by atoms with E-state index in [4.69, 9.17) is 14.6 Å². The fourth-order valence-corrected chi connectivity index (χ4v) is 5.57. The summed E-state index contributed by atoms with van der Waals surface area (Å²) < 4.78 is 11.9. The molecule has 2 aromatic carbocycles. The number of anilines is 1. The highest BCUT2D eigenvalue weighted by molar-refractivity contribution is 8.14. The fourth-order valence-electron chi connectivity index (χ4n) is 4.63. The first kappa shape index (κ1) is 27.0. The molecule has 1 saturated carbocycles. The fraction of sp³-hybridized carbons (Fsp3) is 0.483. The number of ether oxygens (including phenoxy) is 2. The average Bonchev–Trinajstić information content (AvgIpc) is 3.42. The van der Waals surface area contributed by atoms with E-state index in [2.05, 4.69) is 19.2 Å². The first-order valence-corrected chi connectivity index (χ1v) is 14.2. The van der Waals surface area contributed by atoms with Gasteiger partial charge < -0.3 is 14.8 Å². The summed E-state index contributed by atoms with van der Waals surface area (Å²) in [6, 6.07) is 13.5. The minimum Gasteiger partial charge on any atom is -0.493 e. The van der Waals surface area contributed by atoms with Gasteiger partial charge in [0.05, 0.1) is 30.7 Å². The Kier molecular flexibility index (Phi) is 9.50. The largest absolute Gasteiger partial charge is 0.493 e. The van der Waals surface area contributed by atoms with Gasteiger partial charge in [-0.1, -0.05) is 44.2 Å². The molecule has 8 heteroatoms. The van der Waals surface area contributed by atoms with Crippen LogP contribution in [0.1, 0.15) is 76.3 Å². The number of hydrogen-bond acceptors (Lipinski definition) is 6. The van der Waals surface area contributed by atoms with Gasteiger partial charge in [-0.3, -0.25) is 9.59 Å². The van der Waals surface area contributed by atoms with E-state index in [0.29, 0.717) is 18.7 Å². The van der Waals surface area contributed by atoms with Gasteiger partial charge in [-0.2, -0.15) is 5.10 Å². The predicted molar refractivity (Wildman–Crippen MR) is 150 cm³/mol. The van der Waals surface area contributed by atoms with Gasteiger partial charge >= 0.3 is 5.24 Å². The van der Waals surface area contributed by atoms with Gasteiger partial charge in [-0.05, 0) is 74.4 Å². The Morgan fingerprint density at radius 1 is 1.11 bits per heavy atom. The number of hydrazone groups is 1. The molecule has 0 bridgehead atoms. The lowest BCUT2D eigenvalue weighted by molar-refractivity contribution is -0.116. The number of nitrogens with one attached hydrogen (secondary N) is 1. The zero-order valence-electron chi connectivity index (χ0n) is 22.0. The van der Waals surface area contributed by atoms with Crippen molar-refractivity contribution in [2.75, 3.05) is 12.4 Å². The molecule has 1 heterocycles. The van der Waals surface area contributed by atoms with Crippen molar-refractivity contribution in [3.05, 3.63) is 53.6 Å². The summed E-state index contributed by atoms with van der Waals surface area (Å²) in [5.74, 6) is 1.46. The highest BCUT2D eigenvalue weighted by atomic mass is 32.2. The first-order valence-electron chi connectivity index (χ1n) is 13.3. The zero-order chi connectivity index (χ0) is 26.2. The lowest BCUT2D eigenvalue weighted by Gasteiger charge is -2.29. The second-order valence-electron chi connectivity index (χ2n) is 9.56. The van der Waals surface area contributed by atoms with Gasteiger partial charge in [0, 0.05) is 17.7 Å². The molecule has 2 aromatic rings. The van der Waals surface area contributed by atoms with E-state index >= 15 is 0 Å². The van der Waals surface area contributed by atoms with Crippen molar-refractivity contribution in [3.63, 3.8) is 0 Å². The average molecular weight is 524 g/mol. The molecule has 2 aliphatic rings. The molecule has 0 spiro atoms. The minimum atomic E-state index is -0.0662. The zero-order valence-corrected chi connectivity index (χ0v) is 22.8. The third kappa shape index (κ3) is 7.06. The molecule has 1 fully saturated rings. The van der Waals surface area contributed by atoms with E-state index in [0.717, 1.165) is 60.4 Å². The van der Waals surface area contributed by atoms with Crippen LogP contribution in [0.2, 0.25) is 0 Å². The second-order valence-corrected chi connectivity index (χ2v) is 10.7. The standard InChI is InChI=1S/C29H37N3O4S/c1-4-6-11-27(33)30-22-15-12-20(13-16-22)19-32-29(34)37-26(5-2)28(31-32)21-14-17-24(35-3)25(18-21)36-23-9-7-8-10-23/h12-18,23,26H,4-11,19H2,1-3H3,(H,30,33). The van der Waals surface area contributed by atoms with Gasteiger partial charge in [0.25, 0.3) is 0 Å². The second kappa shape index (κ2) is 13.0. The van der Waals surface area contributed by atoms with Gasteiger partial charge in [-0.25, -0.2) is 5.01 Å². The first-order chi connectivity index (χ1) is 18.0. The minimum absolute atomic E-state index is 0.0211. The normalized spacial score (nSPS) is 18.0. The number of carbonyl (C=O) groups is 2. The van der Waals surface area contributed by atoms with Crippen molar-refractivity contribution in [3.8, 4) is 11.5 Å². The molecule has 1 atom stereocenters. The molecular formula is C29H37N3O4S. The molecule has 0 saturated heterocycles. The van der Waals surface area contributed by atoms with Crippen molar-refractivity contribution >= 4 is 34.3 Å². The maximum Gasteiger partial charge on any atom is 0.302 e. The number of nitrogens with zero attached hydrogens (tertiary/aromatic N) is 2. The van der Waals surface area contributed by atoms with E-state index in [1.807, 2.05) is 42.5 Å². The number of thioether (sulfide) groups is 1. The lowest BCUT2D eigenvalue weighted by atomic mass is 10.0. The van der Waals surface area contributed by atoms with Crippen LogP contribution in [0.4, 0.5) is 10.5 Å². The van der Waals surface area contributed by atoms with Crippen LogP contribution in [0.25, 0.3) is 0 Å². The summed E-state index contributed by atoms with van der Waals surface area (Å²) in [6.45, 7) is 4.50. The summed E-state index contributed by atoms with van der Waals surface area (Å²) in [5.41, 5.74) is 3.51. The van der Waals surface area contributed by atoms with Gasteiger partial charge in [0.1, 0.15) is 0 Å². The molecule has 1 aliphatic heterocycles. The number of hydrogen-bond donors (Lipinski definition) is 1. The van der Waals surface area contributed by atoms with Crippen molar-refractivity contribution in [1.29, 1.82) is 0 Å². The highest BCUT2D eigenvalue weighted by Crippen LogP contribution is 2.36. The monoisotopic (exact) mass is 523 g/mol. The van der Waals surface area contributed by atoms with Gasteiger partial charge in [-0.15, -0.1) is 0 Å². The molecule has 7 nitrogen and oxygen atoms in total. The van der Waals surface area contributed by atoms with E-state index < -0.39 is 0 Å². The molecule has 0 aromatic heterocycles. The SMILES string of the molecule is CCCCC(=O)Nc1ccc(CN2N=C(c3ccc(OC)c(OC4CCCC4)c3)C(CC)SC2=O)cc1. The smallest absolute Gasteiger partial charge is 0.302 e. The van der Waals surface area contributed by atoms with Crippen LogP contribution >= 0.6 is 11.8 Å². The van der Waals surface area contributed by atoms with Crippen LogP contribution in [0.3, 0.4) is 0 Å². The molecule has 1 unspecified atom stereocenters. The number of unbranched alkanes of at least 4 members (excludes halogenated alkanes) is 1. The Labute approximate surface area is 224 Å². The van der Waals surface area contributed by atoms with E-state index in [-0.39, 0.29) is 22.5 Å². The summed E-state index contributed by atoms with van der Waals surface area (Å²) >= 11 is 1.31. The maximum atomic E-state index is 12.9. The third-order valence-electron chi connectivity index (χ3n) is 6.74. The van der Waals surface area contributed by atoms with Crippen molar-refractivity contribution in [2.45, 2.75) is 83.1 Å². The molecule has 37 heavy (non-hydrogen) atoms. The third-order valence-corrected chi connectivity index (χ3v) is 7.99. The summed E-state index contributed by atoms with van der Waals surface area (Å²) in [5, 5.41) is 9.19. The highest BCUT2D eigenvalue weighted by Gasteiger charge is 2.31. The van der Waals surface area contributed by atoms with Crippen LogP contribution in [0.15, 0.2) is 47.6 Å². The van der Waals surface area contributed by atoms with E-state index in [1.165, 1.54) is 29.6 Å². The molecule has 198 valence electrons. The number of methoxy groups -OCH3 is 1. The van der Waals surface area contributed by atoms with Crippen LogP contribution in [0.5, 0.6) is 11.5 Å². The molecule has 2 amide bonds. The Balaban J connectivity index is 1.52. The van der Waals surface area contributed by atoms with E-state index in [1.54, 1.807) is 7.11 Å². The quantitative estimate of drug-likeness (QED) is 0.343. The number of benzene rings is 2. The molecular weight excluding hydrogens is 486 g/mol. The maximum absolute atomic E-state index is 12.9. The van der Waals surface area contributed by atoms with Crippen molar-refractivity contribution in [1.82, 2.24) is 5.01 Å². The van der Waals surface area contributed by atoms with E-state index in [9.17, 15) is 9.59 Å². The summed E-state index contributed by atoms with van der Waals surface area (Å²) in [6.07, 6.45) is 7.89. The number of rotatable bonds is 11. The van der Waals surface area contributed by atoms with Crippen molar-refractivity contribution < 1.29 is 19.1 Å². The Morgan fingerprint density at radius 2 is 1.86 bits per heavy atom. The summed E-state index contributed by atoms with van der Waals surface area (Å²) in [4.78, 5) is 24.9. The van der Waals surface area contributed by atoms with Crippen LogP contribution < -0.4 is 14.8 Å². The Morgan fingerprint density at radius 3 is 2.54 bits per heavy atom. The van der Waals surface area contributed by atoms with Crippen molar-refractivity contribution in [2.24, 2.45) is 5.10 Å². The molecule has 4 rings (SSSR count). The van der Waals surface area contributed by atoms with Crippen LogP contribution in [-0.4, -0.2) is 40.3 Å². The Hall–Kier alpha value is -3.00. The number of amides is 2. The van der Waals surface area contributed by atoms with Gasteiger partial charge in [0.15, 0.2) is 11.5 Å².